The SMILES string of the molecule is Cc1ccc(F)cc1S(=O)(=O)NC(C)c1ccc(-n2cncn2)cc1. The van der Waals surface area contributed by atoms with Crippen LogP contribution in [0, 0.1) is 12.7 Å². The summed E-state index contributed by atoms with van der Waals surface area (Å²) < 4.78 is 42.7. The van der Waals surface area contributed by atoms with Crippen molar-refractivity contribution in [3.63, 3.8) is 0 Å². The third-order valence-electron chi connectivity index (χ3n) is 3.85. The van der Waals surface area contributed by atoms with Gasteiger partial charge in [0.05, 0.1) is 10.6 Å². The Morgan fingerprint density at radius 1 is 1.16 bits per heavy atom. The molecule has 0 saturated carbocycles. The average Bonchev–Trinajstić information content (AvgIpc) is 3.11. The predicted molar refractivity (Wildman–Crippen MR) is 91.2 cm³/mol. The Hall–Kier alpha value is -2.58. The Bertz CT molecular complexity index is 970. The molecule has 0 aliphatic carbocycles. The van der Waals surface area contributed by atoms with Gasteiger partial charge < -0.3 is 0 Å². The highest BCUT2D eigenvalue weighted by atomic mass is 32.2. The Balaban J connectivity index is 1.81. The van der Waals surface area contributed by atoms with Gasteiger partial charge in [0.25, 0.3) is 0 Å². The highest BCUT2D eigenvalue weighted by Crippen LogP contribution is 2.21. The first kappa shape index (κ1) is 17.2. The lowest BCUT2D eigenvalue weighted by molar-refractivity contribution is 0.563. The second-order valence-electron chi connectivity index (χ2n) is 5.68. The lowest BCUT2D eigenvalue weighted by Crippen LogP contribution is -2.27. The van der Waals surface area contributed by atoms with E-state index >= 15 is 0 Å². The molecule has 0 spiro atoms. The van der Waals surface area contributed by atoms with Gasteiger partial charge in [0.1, 0.15) is 18.5 Å². The molecular weight excluding hydrogens is 343 g/mol. The van der Waals surface area contributed by atoms with E-state index in [4.69, 9.17) is 0 Å². The molecule has 25 heavy (non-hydrogen) atoms. The van der Waals surface area contributed by atoms with Crippen molar-refractivity contribution in [2.75, 3.05) is 0 Å². The van der Waals surface area contributed by atoms with Crippen molar-refractivity contribution in [2.24, 2.45) is 0 Å². The average molecular weight is 360 g/mol. The van der Waals surface area contributed by atoms with Gasteiger partial charge in [-0.05, 0) is 49.2 Å². The molecule has 0 fully saturated rings. The molecule has 1 aromatic heterocycles. The van der Waals surface area contributed by atoms with E-state index in [9.17, 15) is 12.8 Å². The standard InChI is InChI=1S/C17H17FN4O2S/c1-12-3-6-15(18)9-17(12)25(23,24)21-13(2)14-4-7-16(8-5-14)22-11-19-10-20-22/h3-11,13,21H,1-2H3. The summed E-state index contributed by atoms with van der Waals surface area (Å²) in [6, 6.07) is 10.5. The van der Waals surface area contributed by atoms with E-state index in [1.807, 2.05) is 24.3 Å². The Kier molecular flexibility index (Phi) is 4.65. The third kappa shape index (κ3) is 3.75. The Labute approximate surface area is 145 Å². The molecule has 1 N–H and O–H groups in total. The van der Waals surface area contributed by atoms with E-state index in [0.717, 1.165) is 17.3 Å². The molecule has 1 atom stereocenters. The summed E-state index contributed by atoms with van der Waals surface area (Å²) >= 11 is 0. The lowest BCUT2D eigenvalue weighted by atomic mass is 10.1. The second kappa shape index (κ2) is 6.73. The first-order chi connectivity index (χ1) is 11.9. The molecule has 3 aromatic rings. The van der Waals surface area contributed by atoms with Crippen LogP contribution >= 0.6 is 0 Å². The summed E-state index contributed by atoms with van der Waals surface area (Å²) in [7, 11) is -3.83. The van der Waals surface area contributed by atoms with Crippen molar-refractivity contribution in [2.45, 2.75) is 24.8 Å². The van der Waals surface area contributed by atoms with Gasteiger partial charge in [-0.3, -0.25) is 0 Å². The fourth-order valence-electron chi connectivity index (χ4n) is 2.48. The fraction of sp³-hybridized carbons (Fsp3) is 0.176. The normalized spacial score (nSPS) is 12.9. The van der Waals surface area contributed by atoms with Crippen LogP contribution in [0.5, 0.6) is 0 Å². The van der Waals surface area contributed by atoms with Crippen LogP contribution in [0.25, 0.3) is 5.69 Å². The van der Waals surface area contributed by atoms with Crippen molar-refractivity contribution in [3.8, 4) is 5.69 Å². The van der Waals surface area contributed by atoms with Gasteiger partial charge in [-0.15, -0.1) is 0 Å². The third-order valence-corrected chi connectivity index (χ3v) is 5.53. The molecule has 6 nitrogen and oxygen atoms in total. The molecule has 0 amide bonds. The van der Waals surface area contributed by atoms with Gasteiger partial charge >= 0.3 is 0 Å². The summed E-state index contributed by atoms with van der Waals surface area (Å²) in [6.07, 6.45) is 3.01. The molecule has 2 aromatic carbocycles. The van der Waals surface area contributed by atoms with Crippen LogP contribution in [0.2, 0.25) is 0 Å². The zero-order valence-electron chi connectivity index (χ0n) is 13.7. The Morgan fingerprint density at radius 2 is 1.88 bits per heavy atom. The highest BCUT2D eigenvalue weighted by molar-refractivity contribution is 7.89. The van der Waals surface area contributed by atoms with E-state index in [-0.39, 0.29) is 4.90 Å². The van der Waals surface area contributed by atoms with Crippen LogP contribution in [0.3, 0.4) is 0 Å². The number of nitrogens with one attached hydrogen (secondary N) is 1. The van der Waals surface area contributed by atoms with Gasteiger partial charge in [-0.2, -0.15) is 5.10 Å². The zero-order valence-corrected chi connectivity index (χ0v) is 14.5. The zero-order chi connectivity index (χ0) is 18.0. The molecule has 1 unspecified atom stereocenters. The summed E-state index contributed by atoms with van der Waals surface area (Å²) in [5.74, 6) is -0.587. The van der Waals surface area contributed by atoms with Crippen molar-refractivity contribution < 1.29 is 12.8 Å². The predicted octanol–water partition coefficient (Wildman–Crippen LogP) is 2.75. The number of benzene rings is 2. The van der Waals surface area contributed by atoms with Crippen LogP contribution < -0.4 is 4.72 Å². The lowest BCUT2D eigenvalue weighted by Gasteiger charge is -2.16. The minimum Gasteiger partial charge on any atom is -0.223 e. The van der Waals surface area contributed by atoms with Crippen LogP contribution in [-0.2, 0) is 10.0 Å². The molecule has 0 radical (unpaired) electrons. The molecule has 8 heteroatoms. The van der Waals surface area contributed by atoms with Crippen LogP contribution in [0.1, 0.15) is 24.1 Å². The number of rotatable bonds is 5. The quantitative estimate of drug-likeness (QED) is 0.759. The summed E-state index contributed by atoms with van der Waals surface area (Å²) in [5.41, 5.74) is 2.08. The fourth-order valence-corrected chi connectivity index (χ4v) is 3.97. The maximum absolute atomic E-state index is 13.4. The summed E-state index contributed by atoms with van der Waals surface area (Å²) in [5, 5.41) is 4.04. The smallest absolute Gasteiger partial charge is 0.223 e. The number of hydrogen-bond acceptors (Lipinski definition) is 4. The van der Waals surface area contributed by atoms with E-state index in [0.29, 0.717) is 5.56 Å². The maximum Gasteiger partial charge on any atom is 0.241 e. The maximum atomic E-state index is 13.4. The number of sulfonamides is 1. The van der Waals surface area contributed by atoms with Gasteiger partial charge in [0, 0.05) is 6.04 Å². The monoisotopic (exact) mass is 360 g/mol. The molecule has 0 bridgehead atoms. The van der Waals surface area contributed by atoms with Crippen molar-refractivity contribution in [1.82, 2.24) is 19.5 Å². The minimum atomic E-state index is -3.83. The van der Waals surface area contributed by atoms with Gasteiger partial charge in [-0.25, -0.2) is 27.2 Å². The molecule has 1 heterocycles. The van der Waals surface area contributed by atoms with Crippen LogP contribution in [0.4, 0.5) is 4.39 Å². The first-order valence-electron chi connectivity index (χ1n) is 7.60. The number of aromatic nitrogens is 3. The molecule has 130 valence electrons. The summed E-state index contributed by atoms with van der Waals surface area (Å²) in [6.45, 7) is 3.36. The van der Waals surface area contributed by atoms with Crippen LogP contribution in [0.15, 0.2) is 60.0 Å². The van der Waals surface area contributed by atoms with E-state index in [2.05, 4.69) is 14.8 Å². The summed E-state index contributed by atoms with van der Waals surface area (Å²) in [4.78, 5) is 3.83. The largest absolute Gasteiger partial charge is 0.241 e. The topological polar surface area (TPSA) is 76.9 Å². The van der Waals surface area contributed by atoms with E-state index in [1.165, 1.54) is 18.5 Å². The molecule has 0 aliphatic heterocycles. The second-order valence-corrected chi connectivity index (χ2v) is 7.37. The first-order valence-corrected chi connectivity index (χ1v) is 9.08. The van der Waals surface area contributed by atoms with Crippen LogP contribution in [-0.4, -0.2) is 23.2 Å². The molecular formula is C17H17FN4O2S. The molecule has 3 rings (SSSR count). The number of halogens is 1. The number of nitrogens with zero attached hydrogens (tertiary/aromatic N) is 3. The van der Waals surface area contributed by atoms with Crippen molar-refractivity contribution >= 4 is 10.0 Å². The Morgan fingerprint density at radius 3 is 2.52 bits per heavy atom. The minimum absolute atomic E-state index is 0.0569. The number of aryl methyl sites for hydroxylation is 1. The van der Waals surface area contributed by atoms with Gasteiger partial charge in [-0.1, -0.05) is 18.2 Å². The van der Waals surface area contributed by atoms with E-state index in [1.54, 1.807) is 24.9 Å². The molecule has 0 aliphatic rings. The van der Waals surface area contributed by atoms with Gasteiger partial charge in [0.2, 0.25) is 10.0 Å². The number of hydrogen-bond donors (Lipinski definition) is 1. The molecule has 0 saturated heterocycles. The van der Waals surface area contributed by atoms with Crippen molar-refractivity contribution in [3.05, 3.63) is 72.1 Å². The van der Waals surface area contributed by atoms with E-state index < -0.39 is 21.9 Å². The highest BCUT2D eigenvalue weighted by Gasteiger charge is 2.21. The van der Waals surface area contributed by atoms with Crippen molar-refractivity contribution in [1.29, 1.82) is 0 Å². The van der Waals surface area contributed by atoms with Gasteiger partial charge in [0.15, 0.2) is 0 Å².